The number of sulfonamides is 1. The van der Waals surface area contributed by atoms with Gasteiger partial charge in [-0.05, 0) is 73.0 Å². The number of hydrogen-bond donors (Lipinski definition) is 1. The normalized spacial score (nSPS) is 11.7. The Hall–Kier alpha value is -4.83. The second kappa shape index (κ2) is 17.2. The molecule has 0 unspecified atom stereocenters. The van der Waals surface area contributed by atoms with Gasteiger partial charge < -0.3 is 19.7 Å². The number of nitrogens with one attached hydrogen (secondary N) is 1. The van der Waals surface area contributed by atoms with Crippen molar-refractivity contribution in [1.82, 2.24) is 10.2 Å². The fraction of sp³-hybridized carbons (Fsp3) is 0.297. The van der Waals surface area contributed by atoms with E-state index in [1.54, 1.807) is 61.7 Å². The van der Waals surface area contributed by atoms with Crippen molar-refractivity contribution >= 4 is 27.5 Å². The molecule has 0 heterocycles. The molecule has 0 aliphatic heterocycles. The van der Waals surface area contributed by atoms with Crippen LogP contribution in [-0.4, -0.2) is 58.0 Å². The fourth-order valence-corrected chi connectivity index (χ4v) is 6.57. The van der Waals surface area contributed by atoms with Crippen LogP contribution in [0.25, 0.3) is 0 Å². The topological polar surface area (TPSA) is 105 Å². The summed E-state index contributed by atoms with van der Waals surface area (Å²) in [4.78, 5) is 29.9. The van der Waals surface area contributed by atoms with E-state index in [1.165, 1.54) is 17.0 Å². The van der Waals surface area contributed by atoms with Crippen molar-refractivity contribution in [3.8, 4) is 11.5 Å². The molecule has 0 saturated carbocycles. The van der Waals surface area contributed by atoms with Gasteiger partial charge >= 0.3 is 0 Å². The van der Waals surface area contributed by atoms with Gasteiger partial charge in [-0.15, -0.1) is 0 Å². The van der Waals surface area contributed by atoms with E-state index < -0.39 is 28.5 Å². The van der Waals surface area contributed by atoms with Crippen LogP contribution < -0.4 is 19.1 Å². The predicted octanol–water partition coefficient (Wildman–Crippen LogP) is 5.85. The third-order valence-corrected chi connectivity index (χ3v) is 9.42. The van der Waals surface area contributed by atoms with Gasteiger partial charge in [0, 0.05) is 19.5 Å². The molecule has 0 spiro atoms. The molecular formula is C37H43N3O6S. The molecule has 0 saturated heterocycles. The number of carbonyl (C=O) groups is 2. The molecule has 4 rings (SSSR count). The highest BCUT2D eigenvalue weighted by atomic mass is 32.2. The van der Waals surface area contributed by atoms with E-state index in [0.717, 1.165) is 28.3 Å². The molecule has 0 radical (unpaired) electrons. The van der Waals surface area contributed by atoms with Crippen LogP contribution in [0.5, 0.6) is 11.5 Å². The summed E-state index contributed by atoms with van der Waals surface area (Å²) in [5.74, 6) is 0.305. The number of nitrogens with zero attached hydrogens (tertiary/aromatic N) is 2. The minimum Gasteiger partial charge on any atom is -0.497 e. The molecule has 47 heavy (non-hydrogen) atoms. The van der Waals surface area contributed by atoms with Gasteiger partial charge in [0.2, 0.25) is 11.8 Å². The van der Waals surface area contributed by atoms with Crippen molar-refractivity contribution in [3.05, 3.63) is 120 Å². The highest BCUT2D eigenvalue weighted by Gasteiger charge is 2.34. The van der Waals surface area contributed by atoms with Crippen LogP contribution in [0.2, 0.25) is 0 Å². The van der Waals surface area contributed by atoms with Crippen LogP contribution in [0.3, 0.4) is 0 Å². The zero-order valence-corrected chi connectivity index (χ0v) is 28.0. The maximum atomic E-state index is 14.6. The summed E-state index contributed by atoms with van der Waals surface area (Å²) in [6, 6.07) is 30.4. The minimum absolute atomic E-state index is 0.00935. The van der Waals surface area contributed by atoms with E-state index in [4.69, 9.17) is 9.47 Å². The Kier molecular flexibility index (Phi) is 12.8. The summed E-state index contributed by atoms with van der Waals surface area (Å²) < 4.78 is 40.4. The van der Waals surface area contributed by atoms with Crippen molar-refractivity contribution in [2.45, 2.75) is 50.6 Å². The molecule has 0 bridgehead atoms. The van der Waals surface area contributed by atoms with Gasteiger partial charge in [0.1, 0.15) is 24.1 Å². The van der Waals surface area contributed by atoms with Crippen LogP contribution in [0.4, 0.5) is 5.69 Å². The molecule has 10 heteroatoms. The molecule has 1 atom stereocenters. The second-order valence-electron chi connectivity index (χ2n) is 11.0. The summed E-state index contributed by atoms with van der Waals surface area (Å²) in [5, 5.41) is 3.00. The first-order valence-electron chi connectivity index (χ1n) is 15.8. The summed E-state index contributed by atoms with van der Waals surface area (Å²) >= 11 is 0. The van der Waals surface area contributed by atoms with Gasteiger partial charge in [0.25, 0.3) is 10.0 Å². The van der Waals surface area contributed by atoms with Gasteiger partial charge in [-0.3, -0.25) is 13.9 Å². The maximum absolute atomic E-state index is 14.6. The Bertz CT molecular complexity index is 1680. The van der Waals surface area contributed by atoms with Gasteiger partial charge in [-0.1, -0.05) is 74.0 Å². The second-order valence-corrected chi connectivity index (χ2v) is 12.8. The summed E-state index contributed by atoms with van der Waals surface area (Å²) in [6.07, 6.45) is 1.92. The van der Waals surface area contributed by atoms with E-state index in [0.29, 0.717) is 30.3 Å². The van der Waals surface area contributed by atoms with Crippen molar-refractivity contribution in [2.24, 2.45) is 0 Å². The van der Waals surface area contributed by atoms with Crippen LogP contribution in [0.15, 0.2) is 114 Å². The highest BCUT2D eigenvalue weighted by Crippen LogP contribution is 2.26. The third kappa shape index (κ3) is 9.59. The van der Waals surface area contributed by atoms with Gasteiger partial charge in [-0.2, -0.15) is 0 Å². The van der Waals surface area contributed by atoms with Crippen LogP contribution in [-0.2, 0) is 32.6 Å². The molecule has 0 fully saturated rings. The molecule has 248 valence electrons. The largest absolute Gasteiger partial charge is 0.497 e. The number of hydrogen-bond acceptors (Lipinski definition) is 6. The number of para-hydroxylation sites is 1. The highest BCUT2D eigenvalue weighted by molar-refractivity contribution is 7.92. The summed E-state index contributed by atoms with van der Waals surface area (Å²) in [7, 11) is -2.65. The zero-order chi connectivity index (χ0) is 33.6. The Morgan fingerprint density at radius 1 is 0.809 bits per heavy atom. The molecule has 0 aliphatic carbocycles. The third-order valence-electron chi connectivity index (χ3n) is 7.63. The number of rotatable bonds is 17. The number of benzene rings is 4. The summed E-state index contributed by atoms with van der Waals surface area (Å²) in [5.41, 5.74) is 1.93. The van der Waals surface area contributed by atoms with E-state index >= 15 is 0 Å². The van der Waals surface area contributed by atoms with Gasteiger partial charge in [0.15, 0.2) is 0 Å². The lowest BCUT2D eigenvalue weighted by Gasteiger charge is -2.34. The lowest BCUT2D eigenvalue weighted by atomic mass is 10.0. The lowest BCUT2D eigenvalue weighted by Crippen LogP contribution is -2.53. The van der Waals surface area contributed by atoms with E-state index in [2.05, 4.69) is 5.32 Å². The number of ether oxygens (including phenoxy) is 2. The van der Waals surface area contributed by atoms with E-state index in [-0.39, 0.29) is 23.8 Å². The number of methoxy groups -OCH3 is 1. The molecule has 2 amide bonds. The number of carbonyl (C=O) groups excluding carboxylic acids is 2. The number of unbranched alkanes of at least 4 members (excludes halogenated alkanes) is 1. The first-order valence-corrected chi connectivity index (χ1v) is 17.3. The molecule has 4 aromatic rings. The lowest BCUT2D eigenvalue weighted by molar-refractivity contribution is -0.140. The summed E-state index contributed by atoms with van der Waals surface area (Å²) in [6.45, 7) is 4.31. The molecule has 1 N–H and O–H groups in total. The smallest absolute Gasteiger partial charge is 0.264 e. The van der Waals surface area contributed by atoms with Crippen LogP contribution >= 0.6 is 0 Å². The number of amides is 2. The van der Waals surface area contributed by atoms with Crippen molar-refractivity contribution in [1.29, 1.82) is 0 Å². The predicted molar refractivity (Wildman–Crippen MR) is 184 cm³/mol. The van der Waals surface area contributed by atoms with Gasteiger partial charge in [0.05, 0.1) is 24.3 Å². The Morgan fingerprint density at radius 3 is 2.11 bits per heavy atom. The number of anilines is 1. The monoisotopic (exact) mass is 657 g/mol. The Morgan fingerprint density at radius 2 is 1.47 bits per heavy atom. The molecule has 0 aliphatic rings. The Labute approximate surface area is 278 Å². The van der Waals surface area contributed by atoms with Crippen molar-refractivity contribution < 1.29 is 27.5 Å². The molecular weight excluding hydrogens is 614 g/mol. The first kappa shape index (κ1) is 35.0. The van der Waals surface area contributed by atoms with Crippen LogP contribution in [0, 0.1) is 0 Å². The molecule has 9 nitrogen and oxygen atoms in total. The van der Waals surface area contributed by atoms with Crippen molar-refractivity contribution in [3.63, 3.8) is 0 Å². The minimum atomic E-state index is -4.21. The van der Waals surface area contributed by atoms with Crippen LogP contribution in [0.1, 0.15) is 37.8 Å². The zero-order valence-electron chi connectivity index (χ0n) is 27.2. The van der Waals surface area contributed by atoms with E-state index in [9.17, 15) is 18.0 Å². The van der Waals surface area contributed by atoms with Crippen molar-refractivity contribution in [2.75, 3.05) is 31.1 Å². The maximum Gasteiger partial charge on any atom is 0.264 e. The average Bonchev–Trinajstić information content (AvgIpc) is 3.10. The van der Waals surface area contributed by atoms with Gasteiger partial charge in [-0.25, -0.2) is 8.42 Å². The quantitative estimate of drug-likeness (QED) is 0.143. The fourth-order valence-electron chi connectivity index (χ4n) is 5.15. The molecule has 4 aromatic carbocycles. The SMILES string of the molecule is CCCCNC(=O)[C@@H](Cc1ccccc1)N(Cc1cccc(OC)c1)C(=O)CN(c1ccccc1)S(=O)(=O)c1ccc(OCC)cc1. The average molecular weight is 658 g/mol. The first-order chi connectivity index (χ1) is 22.8. The van der Waals surface area contributed by atoms with E-state index in [1.807, 2.05) is 56.3 Å². The standard InChI is InChI=1S/C37H43N3O6S/c1-4-6-24-38-37(42)35(26-29-14-9-7-10-15-29)39(27-30-16-13-19-33(25-30)45-3)36(41)28-40(31-17-11-8-12-18-31)47(43,44)34-22-20-32(21-23-34)46-5-2/h7-23,25,35H,4-6,24,26-28H2,1-3H3,(H,38,42)/t35-/m1/s1. The molecule has 0 aromatic heterocycles. The Balaban J connectivity index is 1.77.